The zero-order valence-corrected chi connectivity index (χ0v) is 40.8. The summed E-state index contributed by atoms with van der Waals surface area (Å²) in [6.07, 6.45) is 4.74. The minimum atomic E-state index is -1.59. The molecule has 0 aliphatic rings. The standard InChI is InChI=1S/C32H36NSSi.C17H32O2.Ir/c1-20(2)26-17-23(16-22-11-9-10-12-24(22)26)30-31-29(28(19-33-30)35(6,7)8)25-14-13-21(15-27(25)34-31)18-32(3,4)5;1-10(2)16(11(3)4)14(18)9-15(19)17(12(5)6)13(7)8;/h9-15,17,19-20H,18H2,1-8H3;9-13,16-18H,1-8H3;/q-1;;/b;14-9-;. The van der Waals surface area contributed by atoms with E-state index in [1.165, 1.54) is 53.3 Å². The molecule has 6 heteroatoms. The van der Waals surface area contributed by atoms with Gasteiger partial charge in [0.25, 0.3) is 0 Å². The second-order valence-electron chi connectivity index (χ2n) is 19.5. The molecule has 1 radical (unpaired) electrons. The number of aliphatic hydroxyl groups is 1. The number of pyridine rings is 1. The molecule has 3 aromatic carbocycles. The normalized spacial score (nSPS) is 13.0. The van der Waals surface area contributed by atoms with Gasteiger partial charge < -0.3 is 5.11 Å². The topological polar surface area (TPSA) is 50.2 Å². The van der Waals surface area contributed by atoms with Crippen molar-refractivity contribution in [1.29, 1.82) is 0 Å². The van der Waals surface area contributed by atoms with Crippen LogP contribution >= 0.6 is 11.3 Å². The number of thiophene rings is 1. The minimum absolute atomic E-state index is 0. The van der Waals surface area contributed by atoms with Gasteiger partial charge in [-0.05, 0) is 69.0 Å². The molecule has 55 heavy (non-hydrogen) atoms. The molecule has 3 nitrogen and oxygen atoms in total. The number of carbonyl (C=O) groups is 1. The average molecular weight is 955 g/mol. The van der Waals surface area contributed by atoms with Gasteiger partial charge >= 0.3 is 0 Å². The molecular weight excluding hydrogens is 887 g/mol. The molecule has 0 atom stereocenters. The van der Waals surface area contributed by atoms with Gasteiger partial charge in [0.1, 0.15) is 0 Å². The van der Waals surface area contributed by atoms with Gasteiger partial charge in [-0.2, -0.15) is 0 Å². The Morgan fingerprint density at radius 2 is 1.42 bits per heavy atom. The predicted molar refractivity (Wildman–Crippen MR) is 241 cm³/mol. The molecule has 0 fully saturated rings. The number of hydrogen-bond acceptors (Lipinski definition) is 4. The van der Waals surface area contributed by atoms with Crippen molar-refractivity contribution in [2.45, 2.75) is 122 Å². The Morgan fingerprint density at radius 1 is 0.836 bits per heavy atom. The molecule has 0 unspecified atom stereocenters. The summed E-state index contributed by atoms with van der Waals surface area (Å²) in [6, 6.07) is 21.8. The van der Waals surface area contributed by atoms with Gasteiger partial charge in [0, 0.05) is 59.3 Å². The van der Waals surface area contributed by atoms with Crippen molar-refractivity contribution in [2.24, 2.45) is 40.9 Å². The largest absolute Gasteiger partial charge is 0.512 e. The van der Waals surface area contributed by atoms with Crippen LogP contribution in [0.1, 0.15) is 107 Å². The molecule has 0 bridgehead atoms. The van der Waals surface area contributed by atoms with Crippen molar-refractivity contribution in [3.63, 3.8) is 0 Å². The average Bonchev–Trinajstić information content (AvgIpc) is 3.40. The first-order valence-corrected chi connectivity index (χ1v) is 24.6. The molecular formula is C49H68IrNO2SSi-. The molecule has 0 aliphatic heterocycles. The molecule has 0 aliphatic carbocycles. The number of fused-ring (bicyclic) bond motifs is 4. The third kappa shape index (κ3) is 11.3. The van der Waals surface area contributed by atoms with E-state index in [-0.39, 0.29) is 48.9 Å². The molecule has 2 aromatic heterocycles. The van der Waals surface area contributed by atoms with Crippen LogP contribution in [0.5, 0.6) is 0 Å². The predicted octanol–water partition coefficient (Wildman–Crippen LogP) is 14.2. The summed E-state index contributed by atoms with van der Waals surface area (Å²) in [7, 11) is -1.59. The van der Waals surface area contributed by atoms with E-state index >= 15 is 0 Å². The molecule has 1 N–H and O–H groups in total. The Bertz CT molecular complexity index is 2090. The number of hydrogen-bond donors (Lipinski definition) is 1. The van der Waals surface area contributed by atoms with Gasteiger partial charge in [0.15, 0.2) is 5.78 Å². The number of allylic oxidation sites excluding steroid dienone is 2. The van der Waals surface area contributed by atoms with E-state index in [0.29, 0.717) is 29.6 Å². The van der Waals surface area contributed by atoms with Crippen molar-refractivity contribution < 1.29 is 30.0 Å². The molecule has 0 saturated carbocycles. The Hall–Kier alpha value is -2.63. The fourth-order valence-corrected chi connectivity index (χ4v) is 11.2. The zero-order chi connectivity index (χ0) is 40.4. The first kappa shape index (κ1) is 46.7. The van der Waals surface area contributed by atoms with E-state index < -0.39 is 8.07 Å². The van der Waals surface area contributed by atoms with Crippen LogP contribution in [-0.4, -0.2) is 23.9 Å². The number of ketones is 1. The van der Waals surface area contributed by atoms with E-state index in [4.69, 9.17) is 4.98 Å². The van der Waals surface area contributed by atoms with Gasteiger partial charge in [-0.15, -0.1) is 40.5 Å². The van der Waals surface area contributed by atoms with Gasteiger partial charge in [-0.25, -0.2) is 0 Å². The summed E-state index contributed by atoms with van der Waals surface area (Å²) in [5, 5.41) is 17.0. The fourth-order valence-electron chi connectivity index (χ4n) is 8.39. The van der Waals surface area contributed by atoms with Crippen molar-refractivity contribution in [1.82, 2.24) is 4.98 Å². The second kappa shape index (κ2) is 18.7. The summed E-state index contributed by atoms with van der Waals surface area (Å²) in [5.74, 6) is 2.07. The first-order chi connectivity index (χ1) is 25.0. The van der Waals surface area contributed by atoms with Gasteiger partial charge in [-0.3, -0.25) is 9.78 Å². The summed E-state index contributed by atoms with van der Waals surface area (Å²) < 4.78 is 2.69. The Balaban J connectivity index is 0.000000349. The van der Waals surface area contributed by atoms with Crippen molar-refractivity contribution in [3.05, 3.63) is 83.8 Å². The van der Waals surface area contributed by atoms with E-state index in [9.17, 15) is 9.90 Å². The third-order valence-electron chi connectivity index (χ3n) is 10.6. The quantitative estimate of drug-likeness (QED) is 0.0621. The first-order valence-electron chi connectivity index (χ1n) is 20.3. The van der Waals surface area contributed by atoms with Gasteiger partial charge in [0.05, 0.1) is 13.8 Å². The van der Waals surface area contributed by atoms with Crippen LogP contribution in [0, 0.1) is 47.0 Å². The summed E-state index contributed by atoms with van der Waals surface area (Å²) in [5.41, 5.74) is 5.25. The second-order valence-corrected chi connectivity index (χ2v) is 25.6. The molecule has 2 heterocycles. The van der Waals surface area contributed by atoms with Crippen LogP contribution in [-0.2, 0) is 31.3 Å². The van der Waals surface area contributed by atoms with Crippen molar-refractivity contribution >= 4 is 61.3 Å². The van der Waals surface area contributed by atoms with Gasteiger partial charge in [-0.1, -0.05) is 151 Å². The molecule has 5 rings (SSSR count). The Labute approximate surface area is 352 Å². The summed E-state index contributed by atoms with van der Waals surface area (Å²) in [6.45, 7) is 35.4. The van der Waals surface area contributed by atoms with E-state index in [1.807, 2.05) is 11.3 Å². The van der Waals surface area contributed by atoms with Crippen molar-refractivity contribution in [2.75, 3.05) is 0 Å². The SMILES string of the molecule is CC(C)C(C(=O)/C=C(\O)C(C(C)C)C(C)C)C(C)C.CC(C)c1cc(-c2ncc([Si](C)(C)C)c3c2sc2cc(CC(C)(C)C)ccc23)[c-]c2ccccc12.[Ir]. The molecule has 0 saturated heterocycles. The number of nitrogens with zero attached hydrogens (tertiary/aromatic N) is 1. The number of benzene rings is 3. The number of aliphatic hydroxyl groups excluding tert-OH is 1. The molecule has 5 aromatic rings. The summed E-state index contributed by atoms with van der Waals surface area (Å²) in [4.78, 5) is 17.5. The Kier molecular flexibility index (Phi) is 15.9. The Morgan fingerprint density at radius 3 is 1.95 bits per heavy atom. The van der Waals surface area contributed by atoms with Crippen LogP contribution in [0.4, 0.5) is 0 Å². The van der Waals surface area contributed by atoms with Crippen LogP contribution < -0.4 is 5.19 Å². The number of carbonyl (C=O) groups excluding carboxylic acids is 1. The smallest absolute Gasteiger partial charge is 0.162 e. The maximum Gasteiger partial charge on any atom is 0.162 e. The molecule has 0 amide bonds. The van der Waals surface area contributed by atoms with Gasteiger partial charge in [0.2, 0.25) is 0 Å². The maximum absolute atomic E-state index is 12.3. The van der Waals surface area contributed by atoms with Crippen LogP contribution in [0.15, 0.2) is 66.6 Å². The van der Waals surface area contributed by atoms with Crippen LogP contribution in [0.25, 0.3) is 42.2 Å². The third-order valence-corrected chi connectivity index (χ3v) is 13.8. The van der Waals surface area contributed by atoms with E-state index in [0.717, 1.165) is 17.7 Å². The monoisotopic (exact) mass is 955 g/mol. The summed E-state index contributed by atoms with van der Waals surface area (Å²) >= 11 is 1.91. The van der Waals surface area contributed by atoms with Crippen LogP contribution in [0.3, 0.4) is 0 Å². The van der Waals surface area contributed by atoms with Crippen molar-refractivity contribution in [3.8, 4) is 11.3 Å². The number of rotatable bonds is 11. The maximum atomic E-state index is 12.3. The fraction of sp³-hybridized carbons (Fsp3) is 0.510. The van der Waals surface area contributed by atoms with E-state index in [1.54, 1.807) is 0 Å². The molecule has 0 spiro atoms. The minimum Gasteiger partial charge on any atom is -0.512 e. The van der Waals surface area contributed by atoms with Crippen LogP contribution in [0.2, 0.25) is 19.6 Å². The zero-order valence-electron chi connectivity index (χ0n) is 36.6. The molecule has 301 valence electrons. The number of aromatic nitrogens is 1. The van der Waals surface area contributed by atoms with E-state index in [2.05, 4.69) is 170 Å².